The molecule has 25 heavy (non-hydrogen) atoms. The Morgan fingerprint density at radius 2 is 2.16 bits per heavy atom. The van der Waals surface area contributed by atoms with Crippen molar-refractivity contribution in [3.05, 3.63) is 51.7 Å². The van der Waals surface area contributed by atoms with Crippen molar-refractivity contribution in [3.63, 3.8) is 0 Å². The first kappa shape index (κ1) is 17.6. The minimum Gasteiger partial charge on any atom is -0.347 e. The van der Waals surface area contributed by atoms with Crippen molar-refractivity contribution in [1.29, 1.82) is 0 Å². The van der Waals surface area contributed by atoms with Gasteiger partial charge in [-0.25, -0.2) is 0 Å². The normalized spacial score (nSPS) is 12.3. The van der Waals surface area contributed by atoms with Gasteiger partial charge in [-0.2, -0.15) is 4.80 Å². The zero-order valence-corrected chi connectivity index (χ0v) is 15.5. The summed E-state index contributed by atoms with van der Waals surface area (Å²) in [4.78, 5) is 14.8. The zero-order chi connectivity index (χ0) is 17.8. The van der Waals surface area contributed by atoms with E-state index in [-0.39, 0.29) is 24.4 Å². The number of tetrazole rings is 1. The summed E-state index contributed by atoms with van der Waals surface area (Å²) < 4.78 is 0. The molecule has 0 aliphatic carbocycles. The van der Waals surface area contributed by atoms with E-state index in [2.05, 4.69) is 34.6 Å². The van der Waals surface area contributed by atoms with Gasteiger partial charge in [-0.15, -0.1) is 21.5 Å². The van der Waals surface area contributed by atoms with Crippen LogP contribution in [0.15, 0.2) is 41.8 Å². The van der Waals surface area contributed by atoms with Gasteiger partial charge >= 0.3 is 0 Å². The lowest BCUT2D eigenvalue weighted by atomic mass is 10.0. The maximum Gasteiger partial charge on any atom is 0.244 e. The predicted octanol–water partition coefficient (Wildman–Crippen LogP) is 3.57. The first-order valence-corrected chi connectivity index (χ1v) is 9.15. The highest BCUT2D eigenvalue weighted by Crippen LogP contribution is 2.25. The number of thiophene rings is 1. The molecule has 1 amide bonds. The minimum atomic E-state index is -0.151. The monoisotopic (exact) mass is 375 g/mol. The van der Waals surface area contributed by atoms with E-state index in [1.54, 1.807) is 23.5 Å². The molecular weight excluding hydrogens is 358 g/mol. The van der Waals surface area contributed by atoms with Crippen molar-refractivity contribution in [3.8, 4) is 11.4 Å². The molecule has 130 valence electrons. The zero-order valence-electron chi connectivity index (χ0n) is 13.9. The summed E-state index contributed by atoms with van der Waals surface area (Å²) in [5, 5.41) is 17.8. The third-order valence-electron chi connectivity index (χ3n) is 3.65. The maximum absolute atomic E-state index is 12.4. The molecule has 0 unspecified atom stereocenters. The van der Waals surface area contributed by atoms with Gasteiger partial charge in [-0.1, -0.05) is 43.6 Å². The molecule has 1 atom stereocenters. The van der Waals surface area contributed by atoms with Gasteiger partial charge in [0.1, 0.15) is 6.54 Å². The van der Waals surface area contributed by atoms with Crippen molar-refractivity contribution < 1.29 is 4.79 Å². The van der Waals surface area contributed by atoms with Crippen LogP contribution in [0.4, 0.5) is 0 Å². The van der Waals surface area contributed by atoms with Crippen LogP contribution in [0, 0.1) is 5.92 Å². The summed E-state index contributed by atoms with van der Waals surface area (Å²) in [6, 6.07) is 11.2. The highest BCUT2D eigenvalue weighted by atomic mass is 35.5. The van der Waals surface area contributed by atoms with Crippen molar-refractivity contribution in [2.24, 2.45) is 5.92 Å². The fourth-order valence-corrected chi connectivity index (χ4v) is 3.57. The molecule has 0 saturated carbocycles. The first-order chi connectivity index (χ1) is 12.0. The van der Waals surface area contributed by atoms with Gasteiger partial charge in [-0.3, -0.25) is 4.79 Å². The molecule has 0 bridgehead atoms. The molecule has 2 heterocycles. The lowest BCUT2D eigenvalue weighted by molar-refractivity contribution is -0.123. The largest absolute Gasteiger partial charge is 0.347 e. The summed E-state index contributed by atoms with van der Waals surface area (Å²) in [5.74, 6) is 0.574. The molecule has 3 aromatic rings. The number of amides is 1. The van der Waals surface area contributed by atoms with Crippen LogP contribution in [0.1, 0.15) is 24.8 Å². The summed E-state index contributed by atoms with van der Waals surface area (Å²) in [7, 11) is 0. The van der Waals surface area contributed by atoms with E-state index in [1.807, 2.05) is 29.6 Å². The topological polar surface area (TPSA) is 72.7 Å². The van der Waals surface area contributed by atoms with E-state index in [9.17, 15) is 4.79 Å². The molecule has 0 spiro atoms. The lowest BCUT2D eigenvalue weighted by Gasteiger charge is -2.21. The van der Waals surface area contributed by atoms with Crippen LogP contribution in [-0.4, -0.2) is 26.1 Å². The minimum absolute atomic E-state index is 0.0160. The second-order valence-electron chi connectivity index (χ2n) is 5.96. The van der Waals surface area contributed by atoms with Gasteiger partial charge < -0.3 is 5.32 Å². The Labute approximate surface area is 154 Å². The Morgan fingerprint density at radius 1 is 1.32 bits per heavy atom. The van der Waals surface area contributed by atoms with Crippen LogP contribution >= 0.6 is 22.9 Å². The van der Waals surface area contributed by atoms with Crippen LogP contribution in [-0.2, 0) is 11.3 Å². The van der Waals surface area contributed by atoms with Gasteiger partial charge in [0.05, 0.1) is 6.04 Å². The molecule has 0 fully saturated rings. The van der Waals surface area contributed by atoms with Crippen molar-refractivity contribution in [2.75, 3.05) is 0 Å². The quantitative estimate of drug-likeness (QED) is 0.714. The summed E-state index contributed by atoms with van der Waals surface area (Å²) in [5.41, 5.74) is 0.762. The Kier molecular flexibility index (Phi) is 5.45. The third kappa shape index (κ3) is 4.43. The number of hydrogen-bond acceptors (Lipinski definition) is 5. The molecule has 0 aliphatic rings. The number of benzene rings is 1. The fourth-order valence-electron chi connectivity index (χ4n) is 2.44. The molecule has 0 radical (unpaired) electrons. The third-order valence-corrected chi connectivity index (χ3v) is 4.84. The van der Waals surface area contributed by atoms with Gasteiger partial charge in [0.25, 0.3) is 0 Å². The predicted molar refractivity (Wildman–Crippen MR) is 98.3 cm³/mol. The number of hydrogen-bond donors (Lipinski definition) is 1. The van der Waals surface area contributed by atoms with Crippen LogP contribution in [0.2, 0.25) is 5.02 Å². The summed E-state index contributed by atoms with van der Waals surface area (Å²) in [6.07, 6.45) is 0. The average molecular weight is 376 g/mol. The van der Waals surface area contributed by atoms with Crippen molar-refractivity contribution in [2.45, 2.75) is 26.4 Å². The molecule has 6 nitrogen and oxygen atoms in total. The number of carbonyl (C=O) groups excluding carboxylic acids is 1. The van der Waals surface area contributed by atoms with E-state index >= 15 is 0 Å². The molecule has 0 aliphatic heterocycles. The van der Waals surface area contributed by atoms with Crippen molar-refractivity contribution in [1.82, 2.24) is 25.5 Å². The first-order valence-electron chi connectivity index (χ1n) is 7.89. The average Bonchev–Trinajstić information content (AvgIpc) is 3.24. The standard InChI is InChI=1S/C17H18ClN5OS/c1-11(2)16(14-7-4-8-25-14)19-15(24)10-23-21-17(20-22-23)12-5-3-6-13(18)9-12/h3-9,11,16H,10H2,1-2H3,(H,19,24)/t16-/m1/s1. The number of halogens is 1. The maximum atomic E-state index is 12.4. The van der Waals surface area contributed by atoms with Gasteiger partial charge in [0.15, 0.2) is 0 Å². The lowest BCUT2D eigenvalue weighted by Crippen LogP contribution is -2.34. The fraction of sp³-hybridized carbons (Fsp3) is 0.294. The smallest absolute Gasteiger partial charge is 0.244 e. The number of carbonyl (C=O) groups is 1. The van der Waals surface area contributed by atoms with E-state index in [1.165, 1.54) is 4.80 Å². The molecule has 8 heteroatoms. The molecule has 0 saturated heterocycles. The van der Waals surface area contributed by atoms with Crippen LogP contribution in [0.25, 0.3) is 11.4 Å². The number of aromatic nitrogens is 4. The van der Waals surface area contributed by atoms with E-state index in [0.717, 1.165) is 10.4 Å². The molecule has 1 N–H and O–H groups in total. The Morgan fingerprint density at radius 3 is 2.84 bits per heavy atom. The van der Waals surface area contributed by atoms with E-state index in [0.29, 0.717) is 10.8 Å². The second kappa shape index (κ2) is 7.76. The number of nitrogens with one attached hydrogen (secondary N) is 1. The van der Waals surface area contributed by atoms with Crippen LogP contribution < -0.4 is 5.32 Å². The summed E-state index contributed by atoms with van der Waals surface area (Å²) in [6.45, 7) is 4.17. The number of rotatable bonds is 6. The van der Waals surface area contributed by atoms with Crippen molar-refractivity contribution >= 4 is 28.8 Å². The van der Waals surface area contributed by atoms with E-state index < -0.39 is 0 Å². The SMILES string of the molecule is CC(C)[C@@H](NC(=O)Cn1nnc(-c2cccc(Cl)c2)n1)c1cccs1. The molecule has 2 aromatic heterocycles. The molecule has 1 aromatic carbocycles. The Bertz CT molecular complexity index is 846. The summed E-state index contributed by atoms with van der Waals surface area (Å²) >= 11 is 7.61. The Hall–Kier alpha value is -2.25. The Balaban J connectivity index is 1.67. The second-order valence-corrected chi connectivity index (χ2v) is 7.37. The van der Waals surface area contributed by atoms with Crippen LogP contribution in [0.3, 0.4) is 0 Å². The van der Waals surface area contributed by atoms with Gasteiger partial charge in [0.2, 0.25) is 11.7 Å². The molecule has 3 rings (SSSR count). The molecular formula is C17H18ClN5OS. The van der Waals surface area contributed by atoms with Gasteiger partial charge in [-0.05, 0) is 34.7 Å². The highest BCUT2D eigenvalue weighted by Gasteiger charge is 2.20. The van der Waals surface area contributed by atoms with Gasteiger partial charge in [0, 0.05) is 15.5 Å². The highest BCUT2D eigenvalue weighted by molar-refractivity contribution is 7.10. The van der Waals surface area contributed by atoms with E-state index in [4.69, 9.17) is 11.6 Å². The van der Waals surface area contributed by atoms with Crippen LogP contribution in [0.5, 0.6) is 0 Å². The number of nitrogens with zero attached hydrogens (tertiary/aromatic N) is 4.